The highest BCUT2D eigenvalue weighted by Crippen LogP contribution is 2.36. The van der Waals surface area contributed by atoms with Gasteiger partial charge in [-0.05, 0) is 45.4 Å². The number of hydrogen-bond acceptors (Lipinski definition) is 6. The van der Waals surface area contributed by atoms with Crippen molar-refractivity contribution in [1.29, 1.82) is 0 Å². The van der Waals surface area contributed by atoms with Gasteiger partial charge in [-0.15, -0.1) is 0 Å². The number of rotatable bonds is 8. The van der Waals surface area contributed by atoms with Crippen molar-refractivity contribution in [3.8, 4) is 0 Å². The van der Waals surface area contributed by atoms with Crippen LogP contribution in [0.25, 0.3) is 0 Å². The number of ketones is 1. The number of aliphatic hydroxyl groups excluding tert-OH is 1. The molecule has 0 heterocycles. The van der Waals surface area contributed by atoms with Gasteiger partial charge in [0.15, 0.2) is 0 Å². The third-order valence-electron chi connectivity index (χ3n) is 3.74. The van der Waals surface area contributed by atoms with Crippen molar-refractivity contribution in [2.75, 3.05) is 13.2 Å². The van der Waals surface area contributed by atoms with E-state index in [9.17, 15) is 19.5 Å². The van der Waals surface area contributed by atoms with Gasteiger partial charge in [0.05, 0.1) is 18.8 Å². The maximum Gasteiger partial charge on any atom is 0.338 e. The summed E-state index contributed by atoms with van der Waals surface area (Å²) in [4.78, 5) is 37.2. The lowest BCUT2D eigenvalue weighted by molar-refractivity contribution is -0.152. The number of aliphatic hydroxyl groups is 1. The zero-order chi connectivity index (χ0) is 19.9. The Hall–Kier alpha value is -2.34. The van der Waals surface area contributed by atoms with Crippen LogP contribution >= 0.6 is 11.6 Å². The first-order valence-corrected chi connectivity index (χ1v) is 8.61. The third-order valence-corrected chi connectivity index (χ3v) is 3.99. The van der Waals surface area contributed by atoms with Crippen molar-refractivity contribution in [2.45, 2.75) is 33.6 Å². The zero-order valence-corrected chi connectivity index (χ0v) is 16.0. The molecule has 2 unspecified atom stereocenters. The summed E-state index contributed by atoms with van der Waals surface area (Å²) < 4.78 is 10.0. The molecule has 2 atom stereocenters. The van der Waals surface area contributed by atoms with Crippen molar-refractivity contribution in [1.82, 2.24) is 0 Å². The van der Waals surface area contributed by atoms with Crippen LogP contribution in [-0.2, 0) is 23.9 Å². The largest absolute Gasteiger partial charge is 0.512 e. The topological polar surface area (TPSA) is 89.9 Å². The molecule has 1 aromatic carbocycles. The normalized spacial score (nSPS) is 14.0. The average molecular weight is 383 g/mol. The molecule has 0 aliphatic rings. The van der Waals surface area contributed by atoms with Crippen LogP contribution in [0.15, 0.2) is 35.6 Å². The number of Topliss-reactive ketones (excluding diaryl/α,β-unsaturated/α-hetero) is 1. The Labute approximate surface area is 157 Å². The number of carbonyl (C=O) groups excluding carboxylic acids is 3. The van der Waals surface area contributed by atoms with Crippen molar-refractivity contribution in [3.63, 3.8) is 0 Å². The molecule has 7 heteroatoms. The van der Waals surface area contributed by atoms with Gasteiger partial charge in [-0.3, -0.25) is 9.59 Å². The minimum atomic E-state index is -1.31. The quantitative estimate of drug-likeness (QED) is 0.320. The molecule has 0 saturated carbocycles. The van der Waals surface area contributed by atoms with Crippen molar-refractivity contribution in [2.24, 2.45) is 5.92 Å². The number of carbonyl (C=O) groups is 3. The lowest BCUT2D eigenvalue weighted by Crippen LogP contribution is -2.34. The molecule has 0 amide bonds. The molecular formula is C19H23ClO6. The summed E-state index contributed by atoms with van der Waals surface area (Å²) in [5, 5.41) is 10.6. The van der Waals surface area contributed by atoms with Crippen LogP contribution in [0.5, 0.6) is 0 Å². The van der Waals surface area contributed by atoms with Gasteiger partial charge >= 0.3 is 11.9 Å². The SMILES string of the molecule is CCOC(=O)C(=C(C)O)C(c1ccc(Cl)cc1)C(C(C)=O)C(=O)OCC. The smallest absolute Gasteiger partial charge is 0.338 e. The minimum absolute atomic E-state index is 0.0759. The number of allylic oxidation sites excluding steroid dienone is 1. The summed E-state index contributed by atoms with van der Waals surface area (Å²) >= 11 is 5.91. The molecule has 0 spiro atoms. The summed E-state index contributed by atoms with van der Waals surface area (Å²) in [6.07, 6.45) is 0. The second-order valence-electron chi connectivity index (χ2n) is 5.59. The van der Waals surface area contributed by atoms with Crippen LogP contribution in [0.3, 0.4) is 0 Å². The highest BCUT2D eigenvalue weighted by atomic mass is 35.5. The Morgan fingerprint density at radius 2 is 1.58 bits per heavy atom. The van der Waals surface area contributed by atoms with E-state index in [1.165, 1.54) is 13.8 Å². The summed E-state index contributed by atoms with van der Waals surface area (Å²) in [5.74, 6) is -4.78. The molecule has 0 aromatic heterocycles. The number of hydrogen-bond donors (Lipinski definition) is 1. The van der Waals surface area contributed by atoms with E-state index in [0.29, 0.717) is 10.6 Å². The minimum Gasteiger partial charge on any atom is -0.512 e. The summed E-state index contributed by atoms with van der Waals surface area (Å²) in [6.45, 7) is 5.93. The molecule has 1 aromatic rings. The highest BCUT2D eigenvalue weighted by Gasteiger charge is 2.41. The Bertz CT molecular complexity index is 688. The predicted molar refractivity (Wildman–Crippen MR) is 97.0 cm³/mol. The molecule has 26 heavy (non-hydrogen) atoms. The van der Waals surface area contributed by atoms with Crippen LogP contribution in [0, 0.1) is 5.92 Å². The molecule has 6 nitrogen and oxygen atoms in total. The predicted octanol–water partition coefficient (Wildman–Crippen LogP) is 3.59. The van der Waals surface area contributed by atoms with E-state index in [4.69, 9.17) is 21.1 Å². The van der Waals surface area contributed by atoms with Gasteiger partial charge in [0.1, 0.15) is 17.5 Å². The summed E-state index contributed by atoms with van der Waals surface area (Å²) in [7, 11) is 0. The molecule has 1 N–H and O–H groups in total. The van der Waals surface area contributed by atoms with Gasteiger partial charge in [0.25, 0.3) is 0 Å². The maximum absolute atomic E-state index is 12.4. The second kappa shape index (κ2) is 9.97. The van der Waals surface area contributed by atoms with E-state index in [0.717, 1.165) is 0 Å². The van der Waals surface area contributed by atoms with E-state index >= 15 is 0 Å². The van der Waals surface area contributed by atoms with Crippen LogP contribution < -0.4 is 0 Å². The highest BCUT2D eigenvalue weighted by molar-refractivity contribution is 6.30. The molecule has 0 bridgehead atoms. The van der Waals surface area contributed by atoms with Crippen LogP contribution in [-0.4, -0.2) is 36.0 Å². The lowest BCUT2D eigenvalue weighted by Gasteiger charge is -2.26. The van der Waals surface area contributed by atoms with E-state index < -0.39 is 29.6 Å². The van der Waals surface area contributed by atoms with E-state index in [2.05, 4.69) is 0 Å². The third kappa shape index (κ3) is 5.33. The number of benzene rings is 1. The van der Waals surface area contributed by atoms with Gasteiger partial charge in [-0.25, -0.2) is 4.79 Å². The molecule has 1 rings (SSSR count). The van der Waals surface area contributed by atoms with Gasteiger partial charge in [-0.2, -0.15) is 0 Å². The Balaban J connectivity index is 3.62. The van der Waals surface area contributed by atoms with E-state index in [-0.39, 0.29) is 24.5 Å². The maximum atomic E-state index is 12.4. The fourth-order valence-electron chi connectivity index (χ4n) is 2.67. The first kappa shape index (κ1) is 21.7. The molecule has 142 valence electrons. The van der Waals surface area contributed by atoms with Gasteiger partial charge < -0.3 is 14.6 Å². The molecule has 0 fully saturated rings. The van der Waals surface area contributed by atoms with Crippen LogP contribution in [0.2, 0.25) is 5.02 Å². The van der Waals surface area contributed by atoms with Crippen LogP contribution in [0.4, 0.5) is 0 Å². The molecular weight excluding hydrogens is 360 g/mol. The van der Waals surface area contributed by atoms with E-state index in [1.54, 1.807) is 38.1 Å². The number of ether oxygens (including phenoxy) is 2. The zero-order valence-electron chi connectivity index (χ0n) is 15.2. The van der Waals surface area contributed by atoms with Crippen molar-refractivity contribution >= 4 is 29.3 Å². The molecule has 0 radical (unpaired) electrons. The second-order valence-corrected chi connectivity index (χ2v) is 6.03. The Morgan fingerprint density at radius 1 is 1.04 bits per heavy atom. The first-order chi connectivity index (χ1) is 12.2. The standard InChI is InChI=1S/C19H23ClO6/c1-5-25-18(23)15(11(3)21)17(13-7-9-14(20)10-8-13)16(12(4)22)19(24)26-6-2/h7-10,15,17,22H,5-6H2,1-4H3. The van der Waals surface area contributed by atoms with Gasteiger partial charge in [0, 0.05) is 10.9 Å². The summed E-state index contributed by atoms with van der Waals surface area (Å²) in [6, 6.07) is 6.32. The summed E-state index contributed by atoms with van der Waals surface area (Å²) in [5.41, 5.74) is 0.293. The Morgan fingerprint density at radius 3 is 2.00 bits per heavy atom. The fourth-order valence-corrected chi connectivity index (χ4v) is 2.80. The van der Waals surface area contributed by atoms with Crippen LogP contribution in [0.1, 0.15) is 39.2 Å². The van der Waals surface area contributed by atoms with Crippen molar-refractivity contribution < 1.29 is 29.0 Å². The molecule has 0 saturated heterocycles. The fraction of sp³-hybridized carbons (Fsp3) is 0.421. The van der Waals surface area contributed by atoms with Gasteiger partial charge in [-0.1, -0.05) is 23.7 Å². The Kier molecular flexibility index (Phi) is 8.32. The lowest BCUT2D eigenvalue weighted by atomic mass is 9.78. The number of halogens is 1. The molecule has 0 aliphatic carbocycles. The van der Waals surface area contributed by atoms with Crippen molar-refractivity contribution in [3.05, 3.63) is 46.2 Å². The first-order valence-electron chi connectivity index (χ1n) is 8.23. The molecule has 0 aliphatic heterocycles. The van der Waals surface area contributed by atoms with E-state index in [1.807, 2.05) is 0 Å². The number of esters is 2. The monoisotopic (exact) mass is 382 g/mol. The average Bonchev–Trinajstić information content (AvgIpc) is 2.55. The van der Waals surface area contributed by atoms with Gasteiger partial charge in [0.2, 0.25) is 0 Å².